The van der Waals surface area contributed by atoms with E-state index in [1.807, 2.05) is 63.2 Å². The van der Waals surface area contributed by atoms with Crippen LogP contribution in [0.4, 0.5) is 10.5 Å². The van der Waals surface area contributed by atoms with Crippen LogP contribution in [0.5, 0.6) is 0 Å². The molecule has 0 aliphatic carbocycles. The molecule has 2 N–H and O–H groups in total. The molecule has 1 atom stereocenters. The number of unbranched alkanes of at least 4 members (excludes halogenated alkanes) is 1. The predicted octanol–water partition coefficient (Wildman–Crippen LogP) is 6.20. The predicted molar refractivity (Wildman–Crippen MR) is 147 cm³/mol. The molecular formula is C29H40N4O3. The molecule has 0 spiro atoms. The summed E-state index contributed by atoms with van der Waals surface area (Å²) in [5.74, 6) is 0. The summed E-state index contributed by atoms with van der Waals surface area (Å²) in [7, 11) is 0. The molecule has 1 aromatic carbocycles. The summed E-state index contributed by atoms with van der Waals surface area (Å²) < 4.78 is 6.94. The van der Waals surface area contributed by atoms with Crippen LogP contribution in [0.1, 0.15) is 72.4 Å². The quantitative estimate of drug-likeness (QED) is 0.333. The van der Waals surface area contributed by atoms with Gasteiger partial charge in [0.15, 0.2) is 0 Å². The van der Waals surface area contributed by atoms with Crippen LogP contribution in [0.2, 0.25) is 0 Å². The monoisotopic (exact) mass is 492 g/mol. The Balaban J connectivity index is 1.75. The fraction of sp³-hybridized carbons (Fsp3) is 0.483. The molecule has 7 nitrogen and oxygen atoms in total. The van der Waals surface area contributed by atoms with Crippen molar-refractivity contribution in [3.05, 3.63) is 64.7 Å². The minimum Gasteiger partial charge on any atom is -0.444 e. The van der Waals surface area contributed by atoms with Crippen molar-refractivity contribution < 1.29 is 9.53 Å². The Labute approximate surface area is 214 Å². The van der Waals surface area contributed by atoms with Gasteiger partial charge in [-0.05, 0) is 76.3 Å². The van der Waals surface area contributed by atoms with E-state index in [9.17, 15) is 9.59 Å². The van der Waals surface area contributed by atoms with Crippen molar-refractivity contribution in [2.75, 3.05) is 11.9 Å². The molecule has 2 heterocycles. The molecule has 1 amide bonds. The van der Waals surface area contributed by atoms with Crippen LogP contribution in [-0.2, 0) is 11.2 Å². The maximum atomic E-state index is 13.4. The first-order chi connectivity index (χ1) is 17.2. The normalized spacial score (nSPS) is 12.4. The van der Waals surface area contributed by atoms with Crippen molar-refractivity contribution in [3.63, 3.8) is 0 Å². The van der Waals surface area contributed by atoms with E-state index in [1.165, 1.54) is 0 Å². The number of nitrogens with one attached hydrogen (secondary N) is 2. The first-order valence-corrected chi connectivity index (χ1v) is 13.1. The number of anilines is 1. The van der Waals surface area contributed by atoms with Crippen molar-refractivity contribution in [1.29, 1.82) is 0 Å². The molecule has 0 aliphatic rings. The van der Waals surface area contributed by atoms with Gasteiger partial charge in [0.2, 0.25) is 0 Å². The van der Waals surface area contributed by atoms with E-state index in [0.29, 0.717) is 17.8 Å². The van der Waals surface area contributed by atoms with Crippen molar-refractivity contribution in [3.8, 4) is 11.1 Å². The second kappa shape index (κ2) is 12.6. The number of ether oxygens (including phenoxy) is 1. The molecule has 1 unspecified atom stereocenters. The van der Waals surface area contributed by atoms with Gasteiger partial charge in [0.05, 0.1) is 11.3 Å². The molecule has 0 saturated heterocycles. The zero-order chi connectivity index (χ0) is 26.1. The van der Waals surface area contributed by atoms with Crippen LogP contribution < -0.4 is 16.2 Å². The van der Waals surface area contributed by atoms with Crippen LogP contribution in [0.25, 0.3) is 16.8 Å². The molecule has 0 radical (unpaired) electrons. The van der Waals surface area contributed by atoms with Crippen LogP contribution >= 0.6 is 0 Å². The molecule has 0 aliphatic heterocycles. The van der Waals surface area contributed by atoms with Gasteiger partial charge in [-0.1, -0.05) is 44.9 Å². The summed E-state index contributed by atoms with van der Waals surface area (Å²) in [5, 5.41) is 6.43. The van der Waals surface area contributed by atoms with Crippen LogP contribution in [-0.4, -0.2) is 33.7 Å². The summed E-state index contributed by atoms with van der Waals surface area (Å²) in [4.78, 5) is 30.1. The number of carbonyl (C=O) groups excluding carboxylic acids is 1. The number of aryl methyl sites for hydroxylation is 1. The third-order valence-electron chi connectivity index (χ3n) is 5.92. The zero-order valence-electron chi connectivity index (χ0n) is 22.3. The SMILES string of the molecule is CCCCc1nc2ccccn2c(=O)c1-c1ccc(NC(CCC)CCNC(=O)OC(C)(C)C)cc1. The molecule has 0 saturated carbocycles. The molecule has 3 rings (SSSR count). The van der Waals surface area contributed by atoms with Crippen molar-refractivity contribution in [2.45, 2.75) is 84.8 Å². The summed E-state index contributed by atoms with van der Waals surface area (Å²) in [6.45, 7) is 10.4. The lowest BCUT2D eigenvalue weighted by Gasteiger charge is -2.22. The number of alkyl carbamates (subject to hydrolysis) is 1. The smallest absolute Gasteiger partial charge is 0.407 e. The first kappa shape index (κ1) is 27.2. The fourth-order valence-corrected chi connectivity index (χ4v) is 4.22. The van der Waals surface area contributed by atoms with E-state index in [1.54, 1.807) is 10.6 Å². The highest BCUT2D eigenvalue weighted by molar-refractivity contribution is 5.69. The van der Waals surface area contributed by atoms with Crippen LogP contribution in [0, 0.1) is 0 Å². The number of aromatic nitrogens is 2. The molecular weight excluding hydrogens is 452 g/mol. The summed E-state index contributed by atoms with van der Waals surface area (Å²) in [6.07, 6.45) is 6.97. The Bertz CT molecular complexity index is 1200. The Morgan fingerprint density at radius 3 is 2.47 bits per heavy atom. The number of amides is 1. The lowest BCUT2D eigenvalue weighted by atomic mass is 10.0. The molecule has 7 heteroatoms. The second-order valence-corrected chi connectivity index (χ2v) is 10.2. The van der Waals surface area contributed by atoms with Crippen LogP contribution in [0.3, 0.4) is 0 Å². The van der Waals surface area contributed by atoms with E-state index in [-0.39, 0.29) is 11.6 Å². The van der Waals surface area contributed by atoms with Gasteiger partial charge in [-0.15, -0.1) is 0 Å². The number of hydrogen-bond acceptors (Lipinski definition) is 5. The summed E-state index contributed by atoms with van der Waals surface area (Å²) in [5.41, 5.74) is 3.52. The molecule has 36 heavy (non-hydrogen) atoms. The average molecular weight is 493 g/mol. The second-order valence-electron chi connectivity index (χ2n) is 10.2. The Hall–Kier alpha value is -3.35. The van der Waals surface area contributed by atoms with Gasteiger partial charge in [0.1, 0.15) is 11.2 Å². The average Bonchev–Trinajstić information content (AvgIpc) is 2.82. The van der Waals surface area contributed by atoms with E-state index in [4.69, 9.17) is 9.72 Å². The van der Waals surface area contributed by atoms with Gasteiger partial charge in [-0.3, -0.25) is 9.20 Å². The highest BCUT2D eigenvalue weighted by atomic mass is 16.6. The van der Waals surface area contributed by atoms with Gasteiger partial charge < -0.3 is 15.4 Å². The molecule has 0 fully saturated rings. The number of carbonyl (C=O) groups is 1. The number of nitrogens with zero attached hydrogens (tertiary/aromatic N) is 2. The summed E-state index contributed by atoms with van der Waals surface area (Å²) >= 11 is 0. The topological polar surface area (TPSA) is 84.7 Å². The van der Waals surface area contributed by atoms with Gasteiger partial charge in [0.25, 0.3) is 5.56 Å². The van der Waals surface area contributed by atoms with Gasteiger partial charge >= 0.3 is 6.09 Å². The maximum absolute atomic E-state index is 13.4. The lowest BCUT2D eigenvalue weighted by Crippen LogP contribution is -2.35. The standard InChI is InChI=1S/C29H40N4O3/c1-6-8-12-24-26(27(34)33-20-10-9-13-25(33)32-24)21-14-16-23(17-15-21)31-22(11-7-2)18-19-30-28(35)36-29(3,4)5/h9-10,13-17,20,22,31H,6-8,11-12,18-19H2,1-5H3,(H,30,35). The van der Waals surface area contributed by atoms with E-state index in [0.717, 1.165) is 55.5 Å². The highest BCUT2D eigenvalue weighted by Crippen LogP contribution is 2.24. The van der Waals surface area contributed by atoms with E-state index >= 15 is 0 Å². The highest BCUT2D eigenvalue weighted by Gasteiger charge is 2.17. The zero-order valence-corrected chi connectivity index (χ0v) is 22.3. The molecule has 3 aromatic rings. The maximum Gasteiger partial charge on any atom is 0.407 e. The third kappa shape index (κ3) is 7.57. The van der Waals surface area contributed by atoms with Crippen molar-refractivity contribution in [2.24, 2.45) is 0 Å². The van der Waals surface area contributed by atoms with Crippen molar-refractivity contribution in [1.82, 2.24) is 14.7 Å². The largest absolute Gasteiger partial charge is 0.444 e. The van der Waals surface area contributed by atoms with E-state index in [2.05, 4.69) is 24.5 Å². The Morgan fingerprint density at radius 2 is 1.81 bits per heavy atom. The lowest BCUT2D eigenvalue weighted by molar-refractivity contribution is 0.0526. The molecule has 194 valence electrons. The fourth-order valence-electron chi connectivity index (χ4n) is 4.22. The van der Waals surface area contributed by atoms with E-state index < -0.39 is 11.7 Å². The van der Waals surface area contributed by atoms with Gasteiger partial charge in [0, 0.05) is 24.5 Å². The number of hydrogen-bond donors (Lipinski definition) is 2. The third-order valence-corrected chi connectivity index (χ3v) is 5.92. The van der Waals surface area contributed by atoms with Crippen LogP contribution in [0.15, 0.2) is 53.5 Å². The minimum atomic E-state index is -0.508. The first-order valence-electron chi connectivity index (χ1n) is 13.1. The minimum absolute atomic E-state index is 0.0375. The molecule has 2 aromatic heterocycles. The number of pyridine rings is 1. The van der Waals surface area contributed by atoms with Gasteiger partial charge in [-0.25, -0.2) is 9.78 Å². The number of benzene rings is 1. The molecule has 0 bridgehead atoms. The van der Waals surface area contributed by atoms with Gasteiger partial charge in [-0.2, -0.15) is 0 Å². The van der Waals surface area contributed by atoms with Crippen molar-refractivity contribution >= 4 is 17.4 Å². The number of rotatable bonds is 11. The Kier molecular flexibility index (Phi) is 9.51. The summed E-state index contributed by atoms with van der Waals surface area (Å²) in [6, 6.07) is 13.9. The Morgan fingerprint density at radius 1 is 1.06 bits per heavy atom. The number of fused-ring (bicyclic) bond motifs is 1.